The van der Waals surface area contributed by atoms with Crippen LogP contribution in [0.5, 0.6) is 0 Å². The van der Waals surface area contributed by atoms with Crippen LogP contribution in [0.4, 0.5) is 0 Å². The number of benzene rings is 1. The Morgan fingerprint density at radius 3 is 2.67 bits per heavy atom. The lowest BCUT2D eigenvalue weighted by Gasteiger charge is -2.05. The molecular weight excluding hydrogens is 268 g/mol. The van der Waals surface area contributed by atoms with Crippen molar-refractivity contribution in [1.82, 2.24) is 19.9 Å². The van der Waals surface area contributed by atoms with E-state index in [2.05, 4.69) is 19.9 Å². The van der Waals surface area contributed by atoms with Gasteiger partial charge in [-0.1, -0.05) is 12.1 Å². The van der Waals surface area contributed by atoms with E-state index in [4.69, 9.17) is 5.11 Å². The van der Waals surface area contributed by atoms with Gasteiger partial charge < -0.3 is 5.11 Å². The van der Waals surface area contributed by atoms with Crippen molar-refractivity contribution in [2.45, 2.75) is 0 Å². The highest BCUT2D eigenvalue weighted by Gasteiger charge is 2.12. The van der Waals surface area contributed by atoms with Crippen molar-refractivity contribution < 1.29 is 9.90 Å². The zero-order chi connectivity index (χ0) is 14.4. The second-order valence-corrected chi connectivity index (χ2v) is 4.59. The van der Waals surface area contributed by atoms with Crippen LogP contribution < -0.4 is 0 Å². The molecule has 0 fully saturated rings. The number of carbonyl (C=O) groups is 1. The number of rotatable bonds is 1. The van der Waals surface area contributed by atoms with Gasteiger partial charge in [-0.15, -0.1) is 0 Å². The highest BCUT2D eigenvalue weighted by atomic mass is 16.4. The number of carboxylic acid groups (broad SMARTS) is 1. The average molecular weight is 276 g/mol. The Kier molecular flexibility index (Phi) is 2.32. The standard InChI is InChI=1S/C15H8N4O2/c20-15(21)11-7-18-10-6-17-9-4-3-8-2-1-5-16-13(8)12(9)14(10)19-11/h1-7H,(H,20,21). The molecule has 0 aliphatic heterocycles. The SMILES string of the molecule is O=C(O)c1cnc2cnc3ccc4cccnc4c3c2n1. The minimum absolute atomic E-state index is 0.0945. The Morgan fingerprint density at radius 2 is 1.81 bits per heavy atom. The number of nitrogens with zero attached hydrogens (tertiary/aromatic N) is 4. The molecule has 1 aromatic carbocycles. The van der Waals surface area contributed by atoms with Gasteiger partial charge in [-0.25, -0.2) is 9.78 Å². The van der Waals surface area contributed by atoms with Crippen molar-refractivity contribution in [3.63, 3.8) is 0 Å². The van der Waals surface area contributed by atoms with E-state index >= 15 is 0 Å². The first-order chi connectivity index (χ1) is 10.2. The maximum Gasteiger partial charge on any atom is 0.356 e. The highest BCUT2D eigenvalue weighted by molar-refractivity contribution is 6.15. The van der Waals surface area contributed by atoms with Crippen LogP contribution in [0, 0.1) is 0 Å². The number of pyridine rings is 2. The lowest BCUT2D eigenvalue weighted by molar-refractivity contribution is 0.0690. The van der Waals surface area contributed by atoms with E-state index in [9.17, 15) is 4.79 Å². The molecule has 0 radical (unpaired) electrons. The molecule has 0 unspecified atom stereocenters. The van der Waals surface area contributed by atoms with Gasteiger partial charge in [0.2, 0.25) is 0 Å². The van der Waals surface area contributed by atoms with Crippen LogP contribution >= 0.6 is 0 Å². The van der Waals surface area contributed by atoms with E-state index in [1.807, 2.05) is 24.3 Å². The number of fused-ring (bicyclic) bond motifs is 5. The van der Waals surface area contributed by atoms with Crippen molar-refractivity contribution in [2.24, 2.45) is 0 Å². The van der Waals surface area contributed by atoms with Gasteiger partial charge in [0.25, 0.3) is 0 Å². The molecule has 100 valence electrons. The predicted octanol–water partition coefficient (Wildman–Crippen LogP) is 2.42. The summed E-state index contributed by atoms with van der Waals surface area (Å²) in [5.74, 6) is -1.11. The maximum absolute atomic E-state index is 11.1. The van der Waals surface area contributed by atoms with Crippen LogP contribution in [-0.4, -0.2) is 31.0 Å². The van der Waals surface area contributed by atoms with Gasteiger partial charge in [-0.3, -0.25) is 15.0 Å². The molecule has 6 nitrogen and oxygen atoms in total. The first-order valence-corrected chi connectivity index (χ1v) is 6.26. The van der Waals surface area contributed by atoms with E-state index in [1.54, 1.807) is 12.4 Å². The molecule has 1 N–H and O–H groups in total. The third-order valence-corrected chi connectivity index (χ3v) is 3.34. The van der Waals surface area contributed by atoms with Crippen molar-refractivity contribution in [3.8, 4) is 0 Å². The monoisotopic (exact) mass is 276 g/mol. The molecule has 0 bridgehead atoms. The topological polar surface area (TPSA) is 88.9 Å². The minimum atomic E-state index is -1.11. The van der Waals surface area contributed by atoms with E-state index < -0.39 is 5.97 Å². The summed E-state index contributed by atoms with van der Waals surface area (Å²) in [5.41, 5.74) is 2.41. The Balaban J connectivity index is 2.27. The molecule has 4 rings (SSSR count). The molecule has 3 heterocycles. The normalized spacial score (nSPS) is 11.2. The fraction of sp³-hybridized carbons (Fsp3) is 0. The van der Waals surface area contributed by atoms with Crippen molar-refractivity contribution >= 4 is 38.8 Å². The number of hydrogen-bond acceptors (Lipinski definition) is 5. The highest BCUT2D eigenvalue weighted by Crippen LogP contribution is 2.27. The summed E-state index contributed by atoms with van der Waals surface area (Å²) in [5, 5.41) is 10.8. The Bertz CT molecular complexity index is 1020. The van der Waals surface area contributed by atoms with Crippen LogP contribution in [0.15, 0.2) is 42.9 Å². The average Bonchev–Trinajstić information content (AvgIpc) is 2.53. The second kappa shape index (κ2) is 4.17. The molecule has 0 amide bonds. The Labute approximate surface area is 118 Å². The van der Waals surface area contributed by atoms with E-state index in [0.29, 0.717) is 16.6 Å². The molecule has 4 aromatic rings. The molecule has 0 spiro atoms. The predicted molar refractivity (Wildman–Crippen MR) is 77.1 cm³/mol. The number of aromatic nitrogens is 4. The lowest BCUT2D eigenvalue weighted by atomic mass is 10.1. The molecule has 6 heteroatoms. The molecule has 0 saturated heterocycles. The summed E-state index contributed by atoms with van der Waals surface area (Å²) in [4.78, 5) is 28.2. The van der Waals surface area contributed by atoms with Crippen LogP contribution in [0.1, 0.15) is 10.5 Å². The minimum Gasteiger partial charge on any atom is -0.476 e. The summed E-state index contributed by atoms with van der Waals surface area (Å²) < 4.78 is 0. The van der Waals surface area contributed by atoms with Crippen LogP contribution in [0.3, 0.4) is 0 Å². The third kappa shape index (κ3) is 1.69. The Morgan fingerprint density at radius 1 is 0.952 bits per heavy atom. The second-order valence-electron chi connectivity index (χ2n) is 4.59. The van der Waals surface area contributed by atoms with E-state index in [1.165, 1.54) is 6.20 Å². The smallest absolute Gasteiger partial charge is 0.356 e. The third-order valence-electron chi connectivity index (χ3n) is 3.34. The number of aromatic carboxylic acids is 1. The van der Waals surface area contributed by atoms with Gasteiger partial charge in [0.1, 0.15) is 11.0 Å². The first-order valence-electron chi connectivity index (χ1n) is 6.26. The summed E-state index contributed by atoms with van der Waals surface area (Å²) in [6.07, 6.45) is 4.51. The van der Waals surface area contributed by atoms with Gasteiger partial charge in [0, 0.05) is 11.6 Å². The molecule has 0 saturated carbocycles. The van der Waals surface area contributed by atoms with Crippen LogP contribution in [0.2, 0.25) is 0 Å². The molecule has 0 aliphatic rings. The van der Waals surface area contributed by atoms with Gasteiger partial charge in [-0.05, 0) is 12.1 Å². The molecular formula is C15H8N4O2. The van der Waals surface area contributed by atoms with Crippen molar-refractivity contribution in [2.75, 3.05) is 0 Å². The molecule has 0 atom stereocenters. The number of carboxylic acids is 1. The zero-order valence-electron chi connectivity index (χ0n) is 10.7. The maximum atomic E-state index is 11.1. The fourth-order valence-corrected chi connectivity index (χ4v) is 2.39. The first kappa shape index (κ1) is 11.7. The zero-order valence-corrected chi connectivity index (χ0v) is 10.7. The lowest BCUT2D eigenvalue weighted by Crippen LogP contribution is -2.02. The number of hydrogen-bond donors (Lipinski definition) is 1. The van der Waals surface area contributed by atoms with Crippen molar-refractivity contribution in [3.05, 3.63) is 48.5 Å². The van der Waals surface area contributed by atoms with E-state index in [0.717, 1.165) is 16.3 Å². The molecule has 3 aromatic heterocycles. The van der Waals surface area contributed by atoms with Gasteiger partial charge in [-0.2, -0.15) is 0 Å². The van der Waals surface area contributed by atoms with Gasteiger partial charge >= 0.3 is 5.97 Å². The summed E-state index contributed by atoms with van der Waals surface area (Å²) in [7, 11) is 0. The van der Waals surface area contributed by atoms with Crippen LogP contribution in [-0.2, 0) is 0 Å². The van der Waals surface area contributed by atoms with Gasteiger partial charge in [0.15, 0.2) is 5.69 Å². The quantitative estimate of drug-likeness (QED) is 0.537. The van der Waals surface area contributed by atoms with E-state index in [-0.39, 0.29) is 5.69 Å². The summed E-state index contributed by atoms with van der Waals surface area (Å²) >= 11 is 0. The largest absolute Gasteiger partial charge is 0.476 e. The molecule has 0 aliphatic carbocycles. The summed E-state index contributed by atoms with van der Waals surface area (Å²) in [6.45, 7) is 0. The van der Waals surface area contributed by atoms with Crippen LogP contribution in [0.25, 0.3) is 32.8 Å². The van der Waals surface area contributed by atoms with Crippen molar-refractivity contribution in [1.29, 1.82) is 0 Å². The molecule has 21 heavy (non-hydrogen) atoms. The Hall–Kier alpha value is -3.15. The fourth-order valence-electron chi connectivity index (χ4n) is 2.39. The van der Waals surface area contributed by atoms with Gasteiger partial charge in [0.05, 0.1) is 28.8 Å². The summed E-state index contributed by atoms with van der Waals surface area (Å²) in [6, 6.07) is 7.59.